The minimum absolute atomic E-state index is 0. The average molecular weight is 214 g/mol. The summed E-state index contributed by atoms with van der Waals surface area (Å²) in [6, 6.07) is 12.0. The van der Waals surface area contributed by atoms with Crippen molar-refractivity contribution in [3.8, 4) is 6.07 Å². The summed E-state index contributed by atoms with van der Waals surface area (Å²) in [5.41, 5.74) is 2.35. The van der Waals surface area contributed by atoms with Gasteiger partial charge in [-0.1, -0.05) is 43.0 Å². The summed E-state index contributed by atoms with van der Waals surface area (Å²) in [6.45, 7) is 2.50. The Balaban J connectivity index is 0.00000128. The molecule has 16 heavy (non-hydrogen) atoms. The molecule has 1 heterocycles. The van der Waals surface area contributed by atoms with Gasteiger partial charge < -0.3 is 0 Å². The van der Waals surface area contributed by atoms with E-state index in [9.17, 15) is 0 Å². The number of rotatable bonds is 2. The van der Waals surface area contributed by atoms with Crippen molar-refractivity contribution in [1.29, 1.82) is 5.26 Å². The zero-order chi connectivity index (χ0) is 10.7. The minimum atomic E-state index is 0. The lowest BCUT2D eigenvalue weighted by atomic mass is 10.2. The van der Waals surface area contributed by atoms with Crippen LogP contribution in [0.1, 0.15) is 24.4 Å². The van der Waals surface area contributed by atoms with Gasteiger partial charge in [-0.15, -0.1) is 5.10 Å². The highest BCUT2D eigenvalue weighted by atomic mass is 15.4. The highest BCUT2D eigenvalue weighted by Crippen LogP contribution is 2.06. The molecule has 2 aromatic rings. The van der Waals surface area contributed by atoms with Crippen LogP contribution in [0.2, 0.25) is 0 Å². The molecular formula is C12H14N4. The Morgan fingerprint density at radius 3 is 2.56 bits per heavy atom. The summed E-state index contributed by atoms with van der Waals surface area (Å²) in [5.74, 6) is 0. The molecule has 0 aliphatic heterocycles. The Morgan fingerprint density at radius 2 is 2.00 bits per heavy atom. The first-order valence-electron chi connectivity index (χ1n) is 4.65. The molecule has 0 atom stereocenters. The molecule has 0 fully saturated rings. The van der Waals surface area contributed by atoms with Gasteiger partial charge in [-0.05, 0) is 12.5 Å². The second-order valence-corrected chi connectivity index (χ2v) is 3.28. The quantitative estimate of drug-likeness (QED) is 0.769. The predicted octanol–water partition coefficient (Wildman–Crippen LogP) is 2.14. The number of benzene rings is 1. The van der Waals surface area contributed by atoms with Crippen molar-refractivity contribution in [1.82, 2.24) is 15.0 Å². The molecule has 1 aromatic heterocycles. The maximum atomic E-state index is 8.73. The third-order valence-corrected chi connectivity index (χ3v) is 2.26. The lowest BCUT2D eigenvalue weighted by Gasteiger charge is -2.02. The van der Waals surface area contributed by atoms with E-state index < -0.39 is 0 Å². The number of aromatic nitrogens is 3. The summed E-state index contributed by atoms with van der Waals surface area (Å²) < 4.78 is 1.73. The third kappa shape index (κ3) is 2.26. The van der Waals surface area contributed by atoms with Crippen molar-refractivity contribution >= 4 is 0 Å². The van der Waals surface area contributed by atoms with E-state index in [0.717, 1.165) is 11.3 Å². The van der Waals surface area contributed by atoms with Gasteiger partial charge in [0.25, 0.3) is 0 Å². The van der Waals surface area contributed by atoms with Gasteiger partial charge in [0, 0.05) is 0 Å². The summed E-state index contributed by atoms with van der Waals surface area (Å²) in [5, 5.41) is 16.4. The summed E-state index contributed by atoms with van der Waals surface area (Å²) in [7, 11) is 0. The van der Waals surface area contributed by atoms with Crippen LogP contribution in [0, 0.1) is 18.3 Å². The smallest absolute Gasteiger partial charge is 0.185 e. The fourth-order valence-electron chi connectivity index (χ4n) is 1.37. The van der Waals surface area contributed by atoms with Gasteiger partial charge in [0.1, 0.15) is 6.07 Å². The first-order chi connectivity index (χ1) is 7.31. The van der Waals surface area contributed by atoms with Gasteiger partial charge in [-0.25, -0.2) is 4.68 Å². The Morgan fingerprint density at radius 1 is 1.31 bits per heavy atom. The molecule has 0 bridgehead atoms. The molecule has 0 unspecified atom stereocenters. The van der Waals surface area contributed by atoms with Crippen molar-refractivity contribution in [2.45, 2.75) is 20.9 Å². The summed E-state index contributed by atoms with van der Waals surface area (Å²) >= 11 is 0. The van der Waals surface area contributed by atoms with Crippen LogP contribution in [0.5, 0.6) is 0 Å². The van der Waals surface area contributed by atoms with Crippen molar-refractivity contribution in [2.24, 2.45) is 0 Å². The fourth-order valence-corrected chi connectivity index (χ4v) is 1.37. The van der Waals surface area contributed by atoms with Crippen molar-refractivity contribution < 1.29 is 0 Å². The Kier molecular flexibility index (Phi) is 3.78. The van der Waals surface area contributed by atoms with E-state index in [0.29, 0.717) is 12.2 Å². The SMILES string of the molecule is C.Cc1c(C#N)nnn1Cc1ccccc1. The van der Waals surface area contributed by atoms with Gasteiger partial charge in [0.05, 0.1) is 12.2 Å². The minimum Gasteiger partial charge on any atom is -0.244 e. The van der Waals surface area contributed by atoms with Crippen LogP contribution in [0.15, 0.2) is 30.3 Å². The highest BCUT2D eigenvalue weighted by molar-refractivity contribution is 5.24. The molecule has 4 heteroatoms. The van der Waals surface area contributed by atoms with Crippen LogP contribution in [0.4, 0.5) is 0 Å². The van der Waals surface area contributed by atoms with E-state index >= 15 is 0 Å². The molecule has 0 aliphatic carbocycles. The van der Waals surface area contributed by atoms with Gasteiger partial charge in [0.15, 0.2) is 5.69 Å². The molecule has 0 spiro atoms. The van der Waals surface area contributed by atoms with Crippen LogP contribution in [-0.2, 0) is 6.54 Å². The Hall–Kier alpha value is -2.15. The number of hydrogen-bond acceptors (Lipinski definition) is 3. The van der Waals surface area contributed by atoms with Crippen molar-refractivity contribution in [2.75, 3.05) is 0 Å². The van der Waals surface area contributed by atoms with Crippen LogP contribution >= 0.6 is 0 Å². The Labute approximate surface area is 95.1 Å². The second-order valence-electron chi connectivity index (χ2n) is 3.28. The monoisotopic (exact) mass is 214 g/mol. The summed E-state index contributed by atoms with van der Waals surface area (Å²) in [6.07, 6.45) is 0. The van der Waals surface area contributed by atoms with Crippen LogP contribution in [-0.4, -0.2) is 15.0 Å². The van der Waals surface area contributed by atoms with Crippen LogP contribution in [0.25, 0.3) is 0 Å². The maximum absolute atomic E-state index is 8.73. The molecule has 2 rings (SSSR count). The lowest BCUT2D eigenvalue weighted by molar-refractivity contribution is 0.633. The second kappa shape index (κ2) is 5.08. The molecular weight excluding hydrogens is 200 g/mol. The predicted molar refractivity (Wildman–Crippen MR) is 61.7 cm³/mol. The summed E-state index contributed by atoms with van der Waals surface area (Å²) in [4.78, 5) is 0. The van der Waals surface area contributed by atoms with E-state index in [-0.39, 0.29) is 7.43 Å². The topological polar surface area (TPSA) is 54.5 Å². The van der Waals surface area contributed by atoms with E-state index in [1.165, 1.54) is 0 Å². The third-order valence-electron chi connectivity index (χ3n) is 2.26. The average Bonchev–Trinajstić information content (AvgIpc) is 2.62. The number of nitrogens with zero attached hydrogens (tertiary/aromatic N) is 4. The van der Waals surface area contributed by atoms with Gasteiger partial charge in [-0.3, -0.25) is 0 Å². The van der Waals surface area contributed by atoms with Crippen molar-refractivity contribution in [3.05, 3.63) is 47.3 Å². The number of hydrogen-bond donors (Lipinski definition) is 0. The Bertz CT molecular complexity index is 493. The number of nitriles is 1. The first-order valence-corrected chi connectivity index (χ1v) is 4.65. The largest absolute Gasteiger partial charge is 0.244 e. The zero-order valence-electron chi connectivity index (χ0n) is 8.38. The van der Waals surface area contributed by atoms with E-state index in [2.05, 4.69) is 10.3 Å². The van der Waals surface area contributed by atoms with Crippen molar-refractivity contribution in [3.63, 3.8) is 0 Å². The van der Waals surface area contributed by atoms with Crippen LogP contribution in [0.3, 0.4) is 0 Å². The molecule has 0 aliphatic rings. The molecule has 0 saturated heterocycles. The lowest BCUT2D eigenvalue weighted by Crippen LogP contribution is -2.03. The molecule has 4 nitrogen and oxygen atoms in total. The fraction of sp³-hybridized carbons (Fsp3) is 0.250. The standard InChI is InChI=1S/C11H10N4.CH4/c1-9-11(7-12)13-14-15(9)8-10-5-3-2-4-6-10;/h2-6H,8H2,1H3;1H4. The molecule has 82 valence electrons. The van der Waals surface area contributed by atoms with Gasteiger partial charge in [-0.2, -0.15) is 5.26 Å². The first kappa shape index (κ1) is 11.9. The molecule has 0 radical (unpaired) electrons. The van der Waals surface area contributed by atoms with E-state index in [4.69, 9.17) is 5.26 Å². The normalized spacial score (nSPS) is 9.25. The molecule has 0 N–H and O–H groups in total. The molecule has 0 amide bonds. The van der Waals surface area contributed by atoms with Gasteiger partial charge in [0.2, 0.25) is 0 Å². The highest BCUT2D eigenvalue weighted by Gasteiger charge is 2.06. The van der Waals surface area contributed by atoms with Crippen LogP contribution < -0.4 is 0 Å². The molecule has 1 aromatic carbocycles. The van der Waals surface area contributed by atoms with Gasteiger partial charge >= 0.3 is 0 Å². The maximum Gasteiger partial charge on any atom is 0.185 e. The van der Waals surface area contributed by atoms with E-state index in [1.54, 1.807) is 4.68 Å². The molecule has 0 saturated carbocycles. The van der Waals surface area contributed by atoms with E-state index in [1.807, 2.05) is 43.3 Å². The zero-order valence-corrected chi connectivity index (χ0v) is 8.38.